The van der Waals surface area contributed by atoms with E-state index in [1.54, 1.807) is 12.1 Å². The van der Waals surface area contributed by atoms with Crippen molar-refractivity contribution in [3.05, 3.63) is 68.8 Å². The summed E-state index contributed by atoms with van der Waals surface area (Å²) in [5, 5.41) is 9.68. The molecule has 6 rings (SSSR count). The number of carbonyl (C=O) groups is 3. The molecule has 1 aliphatic carbocycles. The number of nitrogens with zero attached hydrogens (tertiary/aromatic N) is 3. The highest BCUT2D eigenvalue weighted by Crippen LogP contribution is 2.40. The van der Waals surface area contributed by atoms with Gasteiger partial charge in [-0.1, -0.05) is 6.07 Å². The molecule has 3 aliphatic rings. The number of carbonyl (C=O) groups excluding carboxylic acids is 2. The summed E-state index contributed by atoms with van der Waals surface area (Å²) in [6, 6.07) is 7.31. The van der Waals surface area contributed by atoms with Crippen molar-refractivity contribution in [3.8, 4) is 0 Å². The number of nitrogens with two attached hydrogens (primary N) is 1. The lowest BCUT2D eigenvalue weighted by molar-refractivity contribution is -0.124. The second kappa shape index (κ2) is 9.11. The van der Waals surface area contributed by atoms with E-state index < -0.39 is 35.3 Å². The highest BCUT2D eigenvalue weighted by atomic mass is 19.1. The Bertz CT molecular complexity index is 1630. The van der Waals surface area contributed by atoms with Crippen molar-refractivity contribution >= 4 is 40.2 Å². The molecule has 2 aliphatic heterocycles. The van der Waals surface area contributed by atoms with Gasteiger partial charge in [-0.2, -0.15) is 0 Å². The SMILES string of the molecule is Cc1c(F)c(N2CCCc3cc(N4CC(C(N)=O)OC4=O)ccc3C2)cc2c1c(=O)c(C(=O)O)cn2C1CC1. The number of cyclic esters (lactones) is 1. The van der Waals surface area contributed by atoms with Crippen LogP contribution < -0.4 is 21.0 Å². The second-order valence-corrected chi connectivity index (χ2v) is 10.4. The first-order valence-corrected chi connectivity index (χ1v) is 12.9. The van der Waals surface area contributed by atoms with E-state index in [1.807, 2.05) is 21.6 Å². The monoisotopic (exact) mass is 534 g/mol. The molecule has 1 aromatic heterocycles. The van der Waals surface area contributed by atoms with Gasteiger partial charge in [0.1, 0.15) is 11.4 Å². The number of aromatic nitrogens is 1. The number of anilines is 2. The minimum absolute atomic E-state index is 0.0486. The molecular weight excluding hydrogens is 507 g/mol. The van der Waals surface area contributed by atoms with Crippen LogP contribution in [0, 0.1) is 12.7 Å². The molecule has 0 spiro atoms. The fourth-order valence-corrected chi connectivity index (χ4v) is 5.63. The van der Waals surface area contributed by atoms with Crippen LogP contribution in [0.2, 0.25) is 0 Å². The molecule has 202 valence electrons. The van der Waals surface area contributed by atoms with Gasteiger partial charge in [-0.05, 0) is 61.9 Å². The third kappa shape index (κ3) is 4.18. The van der Waals surface area contributed by atoms with E-state index in [0.29, 0.717) is 42.8 Å². The van der Waals surface area contributed by atoms with Crippen LogP contribution in [0.25, 0.3) is 10.9 Å². The summed E-state index contributed by atoms with van der Waals surface area (Å²) >= 11 is 0. The van der Waals surface area contributed by atoms with E-state index in [9.17, 15) is 24.3 Å². The van der Waals surface area contributed by atoms with Gasteiger partial charge in [0.05, 0.1) is 23.1 Å². The molecule has 2 fully saturated rings. The average Bonchev–Trinajstić information content (AvgIpc) is 3.69. The van der Waals surface area contributed by atoms with Crippen molar-refractivity contribution in [3.63, 3.8) is 0 Å². The number of fused-ring (bicyclic) bond motifs is 2. The average molecular weight is 535 g/mol. The lowest BCUT2D eigenvalue weighted by Gasteiger charge is -2.26. The van der Waals surface area contributed by atoms with E-state index in [-0.39, 0.29) is 29.1 Å². The maximum absolute atomic E-state index is 15.9. The molecule has 3 aromatic rings. The third-order valence-corrected chi connectivity index (χ3v) is 7.85. The minimum atomic E-state index is -1.32. The molecule has 11 heteroatoms. The van der Waals surface area contributed by atoms with Gasteiger partial charge in [-0.3, -0.25) is 14.5 Å². The summed E-state index contributed by atoms with van der Waals surface area (Å²) in [6.07, 6.45) is 2.91. The van der Waals surface area contributed by atoms with Crippen LogP contribution in [0.4, 0.5) is 20.6 Å². The van der Waals surface area contributed by atoms with Crippen LogP contribution in [-0.4, -0.2) is 46.8 Å². The first kappa shape index (κ1) is 24.9. The molecule has 1 atom stereocenters. The van der Waals surface area contributed by atoms with E-state index >= 15 is 4.39 Å². The lowest BCUT2D eigenvalue weighted by Crippen LogP contribution is -2.32. The molecule has 10 nitrogen and oxygen atoms in total. The van der Waals surface area contributed by atoms with E-state index in [4.69, 9.17) is 10.5 Å². The van der Waals surface area contributed by atoms with Gasteiger partial charge < -0.3 is 25.0 Å². The summed E-state index contributed by atoms with van der Waals surface area (Å²) in [4.78, 5) is 51.8. The Hall–Kier alpha value is -4.41. The normalized spacial score (nSPS) is 19.1. The third-order valence-electron chi connectivity index (χ3n) is 7.85. The van der Waals surface area contributed by atoms with E-state index in [1.165, 1.54) is 18.0 Å². The van der Waals surface area contributed by atoms with Gasteiger partial charge in [0.25, 0.3) is 5.91 Å². The van der Waals surface area contributed by atoms with Gasteiger partial charge in [0, 0.05) is 36.6 Å². The van der Waals surface area contributed by atoms with Crippen LogP contribution in [-0.2, 0) is 22.5 Å². The Morgan fingerprint density at radius 2 is 1.92 bits per heavy atom. The minimum Gasteiger partial charge on any atom is -0.477 e. The Labute approximate surface area is 222 Å². The van der Waals surface area contributed by atoms with Crippen molar-refractivity contribution in [1.29, 1.82) is 0 Å². The number of aryl methyl sites for hydroxylation is 2. The molecule has 2 aromatic carbocycles. The molecule has 1 unspecified atom stereocenters. The quantitative estimate of drug-likeness (QED) is 0.513. The number of amides is 2. The highest BCUT2D eigenvalue weighted by Gasteiger charge is 2.36. The predicted octanol–water partition coefficient (Wildman–Crippen LogP) is 3.25. The molecule has 1 saturated carbocycles. The number of pyridine rings is 1. The Kier molecular flexibility index (Phi) is 5.81. The van der Waals surface area contributed by atoms with Crippen LogP contribution >= 0.6 is 0 Å². The van der Waals surface area contributed by atoms with Crippen LogP contribution in [0.15, 0.2) is 35.3 Å². The lowest BCUT2D eigenvalue weighted by atomic mass is 10.0. The van der Waals surface area contributed by atoms with Crippen molar-refractivity contribution in [2.45, 2.75) is 51.3 Å². The van der Waals surface area contributed by atoms with Crippen molar-refractivity contribution in [1.82, 2.24) is 4.57 Å². The number of halogens is 1. The first-order valence-electron chi connectivity index (χ1n) is 12.9. The van der Waals surface area contributed by atoms with Gasteiger partial charge in [0.2, 0.25) is 5.43 Å². The molecular formula is C28H27FN4O6. The zero-order valence-corrected chi connectivity index (χ0v) is 21.3. The maximum atomic E-state index is 15.9. The van der Waals surface area contributed by atoms with E-state index in [2.05, 4.69) is 0 Å². The topological polar surface area (TPSA) is 135 Å². The number of carboxylic acid groups (broad SMARTS) is 1. The largest absolute Gasteiger partial charge is 0.477 e. The molecule has 3 heterocycles. The maximum Gasteiger partial charge on any atom is 0.415 e. The van der Waals surface area contributed by atoms with Crippen LogP contribution in [0.3, 0.4) is 0 Å². The summed E-state index contributed by atoms with van der Waals surface area (Å²) in [6.45, 7) is 2.54. The number of ether oxygens (including phenoxy) is 1. The summed E-state index contributed by atoms with van der Waals surface area (Å²) in [7, 11) is 0. The van der Waals surface area contributed by atoms with Crippen molar-refractivity contribution < 1.29 is 28.6 Å². The highest BCUT2D eigenvalue weighted by molar-refractivity contribution is 5.96. The predicted molar refractivity (Wildman–Crippen MR) is 141 cm³/mol. The summed E-state index contributed by atoms with van der Waals surface area (Å²) in [5.74, 6) is -2.56. The van der Waals surface area contributed by atoms with Crippen LogP contribution in [0.1, 0.15) is 52.4 Å². The van der Waals surface area contributed by atoms with E-state index in [0.717, 1.165) is 24.0 Å². The first-order chi connectivity index (χ1) is 18.6. The fraction of sp³-hybridized carbons (Fsp3) is 0.357. The second-order valence-electron chi connectivity index (χ2n) is 10.4. The van der Waals surface area contributed by atoms with Crippen molar-refractivity contribution in [2.24, 2.45) is 5.73 Å². The smallest absolute Gasteiger partial charge is 0.415 e. The number of rotatable bonds is 5. The van der Waals surface area contributed by atoms with Gasteiger partial charge in [-0.25, -0.2) is 14.0 Å². The van der Waals surface area contributed by atoms with Gasteiger partial charge in [-0.15, -0.1) is 0 Å². The number of hydrogen-bond donors (Lipinski definition) is 2. The number of primary amides is 1. The molecule has 0 bridgehead atoms. The molecule has 0 radical (unpaired) electrons. The molecule has 2 amide bonds. The zero-order chi connectivity index (χ0) is 27.6. The summed E-state index contributed by atoms with van der Waals surface area (Å²) in [5.41, 5.74) is 7.88. The van der Waals surface area contributed by atoms with Gasteiger partial charge in [0.15, 0.2) is 6.10 Å². The summed E-state index contributed by atoms with van der Waals surface area (Å²) < 4.78 is 22.7. The van der Waals surface area contributed by atoms with Gasteiger partial charge >= 0.3 is 12.1 Å². The number of hydrogen-bond acceptors (Lipinski definition) is 6. The Balaban J connectivity index is 1.38. The molecule has 39 heavy (non-hydrogen) atoms. The molecule has 1 saturated heterocycles. The number of aromatic carboxylic acids is 1. The standard InChI is InChI=1S/C28H27FN4O6/c1-14-23-20(32(17-6-7-17)12-19(25(23)34)27(36)37)10-21(24(14)29)31-8-2-3-15-9-18(5-4-16(15)11-31)33-13-22(26(30)35)39-28(33)38/h4-5,9-10,12,17,22H,2-3,6-8,11,13H2,1H3,(H2,30,35)(H,36,37). The zero-order valence-electron chi connectivity index (χ0n) is 21.3. The number of carboxylic acids is 1. The van der Waals surface area contributed by atoms with Crippen molar-refractivity contribution in [2.75, 3.05) is 22.9 Å². The Morgan fingerprint density at radius 3 is 2.59 bits per heavy atom. The molecule has 3 N–H and O–H groups in total. The fourth-order valence-electron chi connectivity index (χ4n) is 5.63. The van der Waals surface area contributed by atoms with Crippen LogP contribution in [0.5, 0.6) is 0 Å². The number of benzene rings is 2. The Morgan fingerprint density at radius 1 is 1.15 bits per heavy atom.